The van der Waals surface area contributed by atoms with Crippen molar-refractivity contribution in [1.82, 2.24) is 4.98 Å². The number of hydrogen-bond acceptors (Lipinski definition) is 5. The number of hydrazine groups is 1. The first-order valence-electron chi connectivity index (χ1n) is 4.47. The fourth-order valence-electron chi connectivity index (χ4n) is 1.36. The van der Waals surface area contributed by atoms with Gasteiger partial charge in [0.1, 0.15) is 0 Å². The van der Waals surface area contributed by atoms with Crippen LogP contribution in [-0.4, -0.2) is 16.1 Å². The molecule has 0 aliphatic carbocycles. The van der Waals surface area contributed by atoms with Crippen LogP contribution < -0.4 is 11.3 Å². The summed E-state index contributed by atoms with van der Waals surface area (Å²) >= 11 is 1.32. The van der Waals surface area contributed by atoms with E-state index >= 15 is 0 Å². The lowest BCUT2D eigenvalue weighted by Gasteiger charge is -2.01. The van der Waals surface area contributed by atoms with Crippen molar-refractivity contribution in [3.63, 3.8) is 0 Å². The van der Waals surface area contributed by atoms with E-state index in [0.717, 1.165) is 0 Å². The summed E-state index contributed by atoms with van der Waals surface area (Å²) in [7, 11) is 0. The summed E-state index contributed by atoms with van der Waals surface area (Å²) in [4.78, 5) is 15.2. The van der Waals surface area contributed by atoms with Gasteiger partial charge in [0.05, 0.1) is 11.3 Å². The van der Waals surface area contributed by atoms with Crippen molar-refractivity contribution >= 4 is 22.4 Å². The van der Waals surface area contributed by atoms with E-state index in [1.165, 1.54) is 11.3 Å². The zero-order valence-corrected chi connectivity index (χ0v) is 8.99. The molecule has 16 heavy (non-hydrogen) atoms. The molecule has 6 heteroatoms. The van der Waals surface area contributed by atoms with Crippen LogP contribution in [0, 0.1) is 0 Å². The zero-order chi connectivity index (χ0) is 11.5. The van der Waals surface area contributed by atoms with E-state index in [9.17, 15) is 4.79 Å². The van der Waals surface area contributed by atoms with Crippen molar-refractivity contribution in [3.8, 4) is 11.3 Å². The highest BCUT2D eigenvalue weighted by Crippen LogP contribution is 2.27. The SMILES string of the molecule is NNc1nc(-c2ccccc2C(=O)O)cs1. The minimum atomic E-state index is -0.967. The van der Waals surface area contributed by atoms with Crippen LogP contribution in [0.1, 0.15) is 10.4 Å². The molecule has 82 valence electrons. The summed E-state index contributed by atoms with van der Waals surface area (Å²) in [6.45, 7) is 0. The molecular formula is C10H9N3O2S. The molecule has 4 N–H and O–H groups in total. The van der Waals surface area contributed by atoms with Crippen LogP contribution in [0.25, 0.3) is 11.3 Å². The first-order valence-corrected chi connectivity index (χ1v) is 5.35. The Morgan fingerprint density at radius 1 is 1.44 bits per heavy atom. The number of benzene rings is 1. The number of aromatic carboxylic acids is 1. The van der Waals surface area contributed by atoms with Gasteiger partial charge >= 0.3 is 5.97 Å². The molecule has 1 heterocycles. The third kappa shape index (κ3) is 1.88. The summed E-state index contributed by atoms with van der Waals surface area (Å²) in [5.41, 5.74) is 3.86. The van der Waals surface area contributed by atoms with Crippen molar-refractivity contribution < 1.29 is 9.90 Å². The molecule has 2 rings (SSSR count). The zero-order valence-electron chi connectivity index (χ0n) is 8.18. The van der Waals surface area contributed by atoms with Crippen molar-refractivity contribution in [3.05, 3.63) is 35.2 Å². The van der Waals surface area contributed by atoms with Gasteiger partial charge in [-0.15, -0.1) is 11.3 Å². The van der Waals surface area contributed by atoms with E-state index in [-0.39, 0.29) is 5.56 Å². The van der Waals surface area contributed by atoms with Crippen LogP contribution in [0.2, 0.25) is 0 Å². The summed E-state index contributed by atoms with van der Waals surface area (Å²) < 4.78 is 0. The van der Waals surface area contributed by atoms with Crippen LogP contribution in [0.15, 0.2) is 29.6 Å². The van der Waals surface area contributed by atoms with E-state index in [0.29, 0.717) is 16.4 Å². The molecule has 0 radical (unpaired) electrons. The predicted molar refractivity (Wildman–Crippen MR) is 62.3 cm³/mol. The predicted octanol–water partition coefficient (Wildman–Crippen LogP) is 1.79. The van der Waals surface area contributed by atoms with Crippen LogP contribution in [-0.2, 0) is 0 Å². The first-order chi connectivity index (χ1) is 7.72. The van der Waals surface area contributed by atoms with Crippen molar-refractivity contribution in [1.29, 1.82) is 0 Å². The molecule has 2 aromatic rings. The Bertz CT molecular complexity index is 524. The number of nitrogens with zero attached hydrogens (tertiary/aromatic N) is 1. The molecular weight excluding hydrogens is 226 g/mol. The second-order valence-electron chi connectivity index (χ2n) is 3.03. The van der Waals surface area contributed by atoms with Gasteiger partial charge in [-0.05, 0) is 6.07 Å². The number of aromatic nitrogens is 1. The lowest BCUT2D eigenvalue weighted by atomic mass is 10.1. The molecule has 5 nitrogen and oxygen atoms in total. The van der Waals surface area contributed by atoms with Gasteiger partial charge in [-0.3, -0.25) is 5.43 Å². The molecule has 0 unspecified atom stereocenters. The largest absolute Gasteiger partial charge is 0.478 e. The molecule has 0 aliphatic heterocycles. The van der Waals surface area contributed by atoms with E-state index < -0.39 is 5.97 Å². The minimum Gasteiger partial charge on any atom is -0.478 e. The number of carboxylic acids is 1. The summed E-state index contributed by atoms with van der Waals surface area (Å²) in [5.74, 6) is 4.25. The number of nitrogens with one attached hydrogen (secondary N) is 1. The number of thiazole rings is 1. The summed E-state index contributed by atoms with van der Waals surface area (Å²) in [6.07, 6.45) is 0. The Hall–Kier alpha value is -1.92. The Morgan fingerprint density at radius 2 is 2.19 bits per heavy atom. The Labute approximate surface area is 95.5 Å². The topological polar surface area (TPSA) is 88.2 Å². The second kappa shape index (κ2) is 4.30. The number of carboxylic acid groups (broad SMARTS) is 1. The van der Waals surface area contributed by atoms with Crippen LogP contribution in [0.5, 0.6) is 0 Å². The Morgan fingerprint density at radius 3 is 2.81 bits per heavy atom. The molecule has 0 saturated carbocycles. The van der Waals surface area contributed by atoms with E-state index in [2.05, 4.69) is 10.4 Å². The van der Waals surface area contributed by atoms with Crippen molar-refractivity contribution in [2.24, 2.45) is 5.84 Å². The van der Waals surface area contributed by atoms with E-state index in [1.54, 1.807) is 29.6 Å². The van der Waals surface area contributed by atoms with Crippen molar-refractivity contribution in [2.45, 2.75) is 0 Å². The fraction of sp³-hybridized carbons (Fsp3) is 0. The van der Waals surface area contributed by atoms with Gasteiger partial charge in [-0.25, -0.2) is 15.6 Å². The van der Waals surface area contributed by atoms with Crippen LogP contribution in [0.3, 0.4) is 0 Å². The number of nitrogens with two attached hydrogens (primary N) is 1. The van der Waals surface area contributed by atoms with Crippen LogP contribution in [0.4, 0.5) is 5.13 Å². The first kappa shape index (κ1) is 10.6. The number of anilines is 1. The molecule has 0 fully saturated rings. The molecule has 0 amide bonds. The lowest BCUT2D eigenvalue weighted by Crippen LogP contribution is -2.06. The molecule has 1 aromatic heterocycles. The number of nitrogen functional groups attached to an aromatic ring is 1. The Balaban J connectivity index is 2.50. The average molecular weight is 235 g/mol. The molecule has 0 spiro atoms. The second-order valence-corrected chi connectivity index (χ2v) is 3.89. The van der Waals surface area contributed by atoms with E-state index in [4.69, 9.17) is 10.9 Å². The molecule has 1 aromatic carbocycles. The average Bonchev–Trinajstić information content (AvgIpc) is 2.77. The van der Waals surface area contributed by atoms with Gasteiger partial charge in [0.25, 0.3) is 0 Å². The van der Waals surface area contributed by atoms with Crippen LogP contribution >= 0.6 is 11.3 Å². The van der Waals surface area contributed by atoms with Gasteiger partial charge in [0.15, 0.2) is 5.13 Å². The number of hydrogen-bond donors (Lipinski definition) is 3. The number of carbonyl (C=O) groups is 1. The standard InChI is InChI=1S/C10H9N3O2S/c11-13-10-12-8(5-16-10)6-3-1-2-4-7(6)9(14)15/h1-5H,11H2,(H,12,13)(H,14,15). The van der Waals surface area contributed by atoms with Gasteiger partial charge in [0, 0.05) is 10.9 Å². The maximum atomic E-state index is 11.0. The smallest absolute Gasteiger partial charge is 0.336 e. The van der Waals surface area contributed by atoms with Gasteiger partial charge in [-0.1, -0.05) is 18.2 Å². The highest BCUT2D eigenvalue weighted by Gasteiger charge is 2.12. The van der Waals surface area contributed by atoms with Gasteiger partial charge in [0.2, 0.25) is 0 Å². The summed E-state index contributed by atoms with van der Waals surface area (Å²) in [6, 6.07) is 6.73. The highest BCUT2D eigenvalue weighted by atomic mass is 32.1. The Kier molecular flexibility index (Phi) is 2.84. The lowest BCUT2D eigenvalue weighted by molar-refractivity contribution is 0.0697. The maximum absolute atomic E-state index is 11.0. The molecule has 0 aliphatic rings. The van der Waals surface area contributed by atoms with E-state index in [1.807, 2.05) is 0 Å². The fourth-order valence-corrected chi connectivity index (χ4v) is 1.98. The third-order valence-electron chi connectivity index (χ3n) is 2.06. The van der Waals surface area contributed by atoms with Crippen molar-refractivity contribution in [2.75, 3.05) is 5.43 Å². The van der Waals surface area contributed by atoms with Gasteiger partial charge < -0.3 is 5.11 Å². The molecule has 0 atom stereocenters. The summed E-state index contributed by atoms with van der Waals surface area (Å²) in [5, 5.41) is 11.3. The molecule has 0 saturated heterocycles. The van der Waals surface area contributed by atoms with Gasteiger partial charge in [-0.2, -0.15) is 0 Å². The monoisotopic (exact) mass is 235 g/mol. The normalized spacial score (nSPS) is 10.1. The maximum Gasteiger partial charge on any atom is 0.336 e. The number of rotatable bonds is 3. The quantitative estimate of drug-likeness (QED) is 0.557. The molecule has 0 bridgehead atoms. The minimum absolute atomic E-state index is 0.233. The third-order valence-corrected chi connectivity index (χ3v) is 2.83. The highest BCUT2D eigenvalue weighted by molar-refractivity contribution is 7.14.